The molecule has 100 valence electrons. The Morgan fingerprint density at radius 3 is 2.68 bits per heavy atom. The van der Waals surface area contributed by atoms with Gasteiger partial charge in [-0.1, -0.05) is 29.8 Å². The van der Waals surface area contributed by atoms with Gasteiger partial charge in [0.1, 0.15) is 0 Å². The van der Waals surface area contributed by atoms with E-state index in [4.69, 9.17) is 5.11 Å². The number of rotatable bonds is 5. The average Bonchev–Trinajstić information content (AvgIpc) is 3.17. The second-order valence-corrected chi connectivity index (χ2v) is 4.86. The summed E-state index contributed by atoms with van der Waals surface area (Å²) >= 11 is 0. The van der Waals surface area contributed by atoms with Gasteiger partial charge in [0.2, 0.25) is 5.91 Å². The SMILES string of the molecule is Cc1cccc(CN(C(=O)/C=C/C(=O)O)C2CC2)c1. The average molecular weight is 259 g/mol. The van der Waals surface area contributed by atoms with Crippen LogP contribution < -0.4 is 0 Å². The number of hydrogen-bond donors (Lipinski definition) is 1. The van der Waals surface area contributed by atoms with Crippen molar-refractivity contribution in [3.05, 3.63) is 47.5 Å². The number of nitrogens with zero attached hydrogens (tertiary/aromatic N) is 1. The van der Waals surface area contributed by atoms with Crippen molar-refractivity contribution < 1.29 is 14.7 Å². The minimum atomic E-state index is -1.10. The maximum Gasteiger partial charge on any atom is 0.328 e. The number of carboxylic acid groups (broad SMARTS) is 1. The molecule has 0 spiro atoms. The van der Waals surface area contributed by atoms with E-state index in [1.807, 2.05) is 31.2 Å². The van der Waals surface area contributed by atoms with Crippen LogP contribution in [-0.2, 0) is 16.1 Å². The summed E-state index contributed by atoms with van der Waals surface area (Å²) in [5, 5.41) is 8.57. The number of carbonyl (C=O) groups excluding carboxylic acids is 1. The highest BCUT2D eigenvalue weighted by atomic mass is 16.4. The van der Waals surface area contributed by atoms with E-state index in [-0.39, 0.29) is 11.9 Å². The lowest BCUT2D eigenvalue weighted by Crippen LogP contribution is -2.31. The van der Waals surface area contributed by atoms with Crippen LogP contribution >= 0.6 is 0 Å². The molecule has 0 aliphatic heterocycles. The van der Waals surface area contributed by atoms with E-state index >= 15 is 0 Å². The van der Waals surface area contributed by atoms with Crippen molar-refractivity contribution in [3.63, 3.8) is 0 Å². The fourth-order valence-corrected chi connectivity index (χ4v) is 2.02. The Labute approximate surface area is 112 Å². The maximum absolute atomic E-state index is 12.0. The Hall–Kier alpha value is -2.10. The predicted octanol–water partition coefficient (Wildman–Crippen LogP) is 2.13. The molecule has 0 radical (unpaired) electrons. The molecule has 1 amide bonds. The lowest BCUT2D eigenvalue weighted by molar-refractivity contribution is -0.132. The van der Waals surface area contributed by atoms with Crippen LogP contribution in [0.3, 0.4) is 0 Å². The molecule has 0 aromatic heterocycles. The normalized spacial score (nSPS) is 14.6. The van der Waals surface area contributed by atoms with Gasteiger partial charge in [0.25, 0.3) is 0 Å². The van der Waals surface area contributed by atoms with Gasteiger partial charge in [-0.05, 0) is 25.3 Å². The Kier molecular flexibility index (Phi) is 4.00. The van der Waals surface area contributed by atoms with Gasteiger partial charge in [0, 0.05) is 24.7 Å². The van der Waals surface area contributed by atoms with E-state index in [9.17, 15) is 9.59 Å². The van der Waals surface area contributed by atoms with Gasteiger partial charge in [0.05, 0.1) is 0 Å². The molecule has 1 N–H and O–H groups in total. The molecule has 2 rings (SSSR count). The Bertz CT molecular complexity index is 518. The van der Waals surface area contributed by atoms with Crippen LogP contribution in [0, 0.1) is 6.92 Å². The van der Waals surface area contributed by atoms with Crippen molar-refractivity contribution in [1.82, 2.24) is 4.90 Å². The molecule has 19 heavy (non-hydrogen) atoms. The molecule has 4 heteroatoms. The standard InChI is InChI=1S/C15H17NO3/c1-11-3-2-4-12(9-11)10-16(13-5-6-13)14(17)7-8-15(18)19/h2-4,7-9,13H,5-6,10H2,1H3,(H,18,19)/b8-7+. The van der Waals surface area contributed by atoms with Crippen molar-refractivity contribution in [2.24, 2.45) is 0 Å². The number of carboxylic acids is 1. The summed E-state index contributed by atoms with van der Waals surface area (Å²) in [6, 6.07) is 8.26. The first-order valence-corrected chi connectivity index (χ1v) is 6.33. The van der Waals surface area contributed by atoms with Crippen molar-refractivity contribution in [2.45, 2.75) is 32.4 Å². The van der Waals surface area contributed by atoms with Gasteiger partial charge in [0.15, 0.2) is 0 Å². The van der Waals surface area contributed by atoms with Crippen LogP contribution in [0.15, 0.2) is 36.4 Å². The second-order valence-electron chi connectivity index (χ2n) is 4.86. The van der Waals surface area contributed by atoms with Crippen molar-refractivity contribution >= 4 is 11.9 Å². The van der Waals surface area contributed by atoms with Crippen molar-refractivity contribution in [2.75, 3.05) is 0 Å². The lowest BCUT2D eigenvalue weighted by Gasteiger charge is -2.21. The molecule has 0 heterocycles. The third kappa shape index (κ3) is 3.95. The minimum absolute atomic E-state index is 0.230. The van der Waals surface area contributed by atoms with E-state index in [2.05, 4.69) is 0 Å². The number of carbonyl (C=O) groups is 2. The number of hydrogen-bond acceptors (Lipinski definition) is 2. The highest BCUT2D eigenvalue weighted by molar-refractivity contribution is 5.94. The van der Waals surface area contributed by atoms with E-state index in [0.29, 0.717) is 6.54 Å². The molecule has 1 aliphatic rings. The summed E-state index contributed by atoms with van der Waals surface area (Å²) in [4.78, 5) is 24.2. The van der Waals surface area contributed by atoms with Gasteiger partial charge < -0.3 is 10.0 Å². The first-order valence-electron chi connectivity index (χ1n) is 6.33. The second kappa shape index (κ2) is 5.69. The first kappa shape index (κ1) is 13.3. The molecule has 1 aromatic carbocycles. The number of aryl methyl sites for hydroxylation is 1. The molecule has 1 aliphatic carbocycles. The molecular weight excluding hydrogens is 242 g/mol. The van der Waals surface area contributed by atoms with Gasteiger partial charge in [-0.15, -0.1) is 0 Å². The molecule has 0 saturated heterocycles. The zero-order valence-corrected chi connectivity index (χ0v) is 10.9. The number of benzene rings is 1. The fraction of sp³-hybridized carbons (Fsp3) is 0.333. The Balaban J connectivity index is 2.08. The van der Waals surface area contributed by atoms with Gasteiger partial charge in [-0.2, -0.15) is 0 Å². The third-order valence-corrected chi connectivity index (χ3v) is 3.07. The minimum Gasteiger partial charge on any atom is -0.478 e. The smallest absolute Gasteiger partial charge is 0.328 e. The summed E-state index contributed by atoms with van der Waals surface area (Å²) in [5.41, 5.74) is 2.23. The highest BCUT2D eigenvalue weighted by Crippen LogP contribution is 2.28. The molecule has 4 nitrogen and oxygen atoms in total. The molecule has 1 fully saturated rings. The topological polar surface area (TPSA) is 57.6 Å². The van der Waals surface area contributed by atoms with Gasteiger partial charge in [-0.3, -0.25) is 4.79 Å². The van der Waals surface area contributed by atoms with E-state index in [1.165, 1.54) is 0 Å². The summed E-state index contributed by atoms with van der Waals surface area (Å²) in [6.45, 7) is 2.55. The zero-order valence-electron chi connectivity index (χ0n) is 10.9. The monoisotopic (exact) mass is 259 g/mol. The first-order chi connectivity index (χ1) is 9.06. The number of amides is 1. The Morgan fingerprint density at radius 1 is 1.37 bits per heavy atom. The maximum atomic E-state index is 12.0. The molecule has 0 bridgehead atoms. The van der Waals surface area contributed by atoms with E-state index in [1.54, 1.807) is 4.90 Å². The van der Waals surface area contributed by atoms with E-state index in [0.717, 1.165) is 36.1 Å². The molecular formula is C15H17NO3. The molecule has 1 aromatic rings. The summed E-state index contributed by atoms with van der Waals surface area (Å²) < 4.78 is 0. The van der Waals surface area contributed by atoms with Crippen LogP contribution in [-0.4, -0.2) is 27.9 Å². The molecule has 0 atom stereocenters. The largest absolute Gasteiger partial charge is 0.478 e. The number of aliphatic carboxylic acids is 1. The van der Waals surface area contributed by atoms with Gasteiger partial charge in [-0.25, -0.2) is 4.79 Å². The van der Waals surface area contributed by atoms with E-state index < -0.39 is 5.97 Å². The van der Waals surface area contributed by atoms with Crippen LogP contribution in [0.2, 0.25) is 0 Å². The zero-order chi connectivity index (χ0) is 13.8. The quantitative estimate of drug-likeness (QED) is 0.824. The van der Waals surface area contributed by atoms with Crippen LogP contribution in [0.1, 0.15) is 24.0 Å². The summed E-state index contributed by atoms with van der Waals surface area (Å²) in [6.07, 6.45) is 4.03. The predicted molar refractivity (Wildman–Crippen MR) is 71.5 cm³/mol. The van der Waals surface area contributed by atoms with Crippen molar-refractivity contribution in [1.29, 1.82) is 0 Å². The lowest BCUT2D eigenvalue weighted by atomic mass is 10.1. The molecule has 0 unspecified atom stereocenters. The van der Waals surface area contributed by atoms with Crippen LogP contribution in [0.5, 0.6) is 0 Å². The third-order valence-electron chi connectivity index (χ3n) is 3.07. The van der Waals surface area contributed by atoms with Crippen LogP contribution in [0.4, 0.5) is 0 Å². The fourth-order valence-electron chi connectivity index (χ4n) is 2.02. The highest BCUT2D eigenvalue weighted by Gasteiger charge is 2.31. The summed E-state index contributed by atoms with van der Waals surface area (Å²) in [5.74, 6) is -1.33. The Morgan fingerprint density at radius 2 is 2.11 bits per heavy atom. The molecule has 1 saturated carbocycles. The van der Waals surface area contributed by atoms with Crippen LogP contribution in [0.25, 0.3) is 0 Å². The summed E-state index contributed by atoms with van der Waals surface area (Å²) in [7, 11) is 0. The van der Waals surface area contributed by atoms with Gasteiger partial charge >= 0.3 is 5.97 Å². The van der Waals surface area contributed by atoms with Crippen molar-refractivity contribution in [3.8, 4) is 0 Å².